The molecule has 2 rings (SSSR count). The summed E-state index contributed by atoms with van der Waals surface area (Å²) >= 11 is 0. The molecule has 6 nitrogen and oxygen atoms in total. The minimum absolute atomic E-state index is 0.152. The van der Waals surface area contributed by atoms with Gasteiger partial charge in [0.05, 0.1) is 19.0 Å². The summed E-state index contributed by atoms with van der Waals surface area (Å²) < 4.78 is 5.06. The summed E-state index contributed by atoms with van der Waals surface area (Å²) in [5.74, 6) is -1.02. The second-order valence-electron chi connectivity index (χ2n) is 5.27. The molecule has 120 valence electrons. The summed E-state index contributed by atoms with van der Waals surface area (Å²) in [5, 5.41) is 6.30. The Hall–Kier alpha value is -2.89. The number of nitrogens with zero attached hydrogens (tertiary/aromatic N) is 1. The van der Waals surface area contributed by atoms with Crippen LogP contribution >= 0.6 is 0 Å². The van der Waals surface area contributed by atoms with E-state index in [0.717, 1.165) is 16.7 Å². The Balaban J connectivity index is 1.89. The summed E-state index contributed by atoms with van der Waals surface area (Å²) in [7, 11) is 0. The molecule has 2 amide bonds. The van der Waals surface area contributed by atoms with E-state index in [0.29, 0.717) is 5.76 Å². The Morgan fingerprint density at radius 1 is 1.17 bits per heavy atom. The zero-order chi connectivity index (χ0) is 16.8. The lowest BCUT2D eigenvalue weighted by Gasteiger charge is -2.06. The van der Waals surface area contributed by atoms with Crippen LogP contribution < -0.4 is 10.7 Å². The van der Waals surface area contributed by atoms with Gasteiger partial charge < -0.3 is 9.73 Å². The Morgan fingerprint density at radius 3 is 2.48 bits per heavy atom. The number of hydrazone groups is 1. The highest BCUT2D eigenvalue weighted by atomic mass is 16.3. The lowest BCUT2D eigenvalue weighted by molar-refractivity contribution is -0.139. The standard InChI is InChI=1S/C17H19N3O3/c1-11-7-12(2)15(13(3)8-11)10-19-20-17(22)16(21)18-9-14-5-4-6-23-14/h4-8,10H,9H2,1-3H3,(H,18,21)(H,20,22)/b19-10-. The molecule has 0 atom stereocenters. The molecule has 6 heteroatoms. The third kappa shape index (κ3) is 4.54. The topological polar surface area (TPSA) is 83.7 Å². The van der Waals surface area contributed by atoms with E-state index in [-0.39, 0.29) is 6.54 Å². The quantitative estimate of drug-likeness (QED) is 0.514. The molecule has 0 aliphatic carbocycles. The van der Waals surface area contributed by atoms with Crippen molar-refractivity contribution in [3.63, 3.8) is 0 Å². The predicted molar refractivity (Wildman–Crippen MR) is 86.9 cm³/mol. The highest BCUT2D eigenvalue weighted by Crippen LogP contribution is 2.13. The van der Waals surface area contributed by atoms with Crippen molar-refractivity contribution < 1.29 is 14.0 Å². The van der Waals surface area contributed by atoms with Gasteiger partial charge in [0.25, 0.3) is 0 Å². The van der Waals surface area contributed by atoms with Crippen LogP contribution in [0.2, 0.25) is 0 Å². The maximum atomic E-state index is 11.6. The van der Waals surface area contributed by atoms with Crippen LogP contribution in [-0.4, -0.2) is 18.0 Å². The molecule has 0 unspecified atom stereocenters. The van der Waals surface area contributed by atoms with Gasteiger partial charge in [0, 0.05) is 5.56 Å². The third-order valence-electron chi connectivity index (χ3n) is 3.31. The van der Waals surface area contributed by atoms with Gasteiger partial charge in [0.1, 0.15) is 5.76 Å². The molecule has 1 aromatic heterocycles. The van der Waals surface area contributed by atoms with Gasteiger partial charge in [-0.05, 0) is 44.0 Å². The van der Waals surface area contributed by atoms with Crippen molar-refractivity contribution in [2.75, 3.05) is 0 Å². The molecule has 0 saturated heterocycles. The van der Waals surface area contributed by atoms with Gasteiger partial charge in [-0.15, -0.1) is 0 Å². The molecule has 1 aromatic carbocycles. The molecule has 0 radical (unpaired) electrons. The molecule has 2 N–H and O–H groups in total. The average Bonchev–Trinajstić information content (AvgIpc) is 3.00. The van der Waals surface area contributed by atoms with Gasteiger partial charge in [0.2, 0.25) is 0 Å². The van der Waals surface area contributed by atoms with Crippen molar-refractivity contribution in [1.82, 2.24) is 10.7 Å². The smallest absolute Gasteiger partial charge is 0.329 e. The van der Waals surface area contributed by atoms with Crippen LogP contribution in [0.25, 0.3) is 0 Å². The number of aryl methyl sites for hydroxylation is 3. The third-order valence-corrected chi connectivity index (χ3v) is 3.31. The van der Waals surface area contributed by atoms with Gasteiger partial charge in [0.15, 0.2) is 0 Å². The van der Waals surface area contributed by atoms with Crippen LogP contribution in [0, 0.1) is 20.8 Å². The number of furan rings is 1. The molecule has 2 aromatic rings. The van der Waals surface area contributed by atoms with Crippen molar-refractivity contribution >= 4 is 18.0 Å². The van der Waals surface area contributed by atoms with Crippen LogP contribution in [0.4, 0.5) is 0 Å². The SMILES string of the molecule is Cc1cc(C)c(/C=N\NC(=O)C(=O)NCc2ccco2)c(C)c1. The molecule has 0 bridgehead atoms. The largest absolute Gasteiger partial charge is 0.467 e. The molecule has 0 fully saturated rings. The molecule has 0 saturated carbocycles. The maximum Gasteiger partial charge on any atom is 0.329 e. The lowest BCUT2D eigenvalue weighted by atomic mass is 10.0. The first-order chi connectivity index (χ1) is 11.0. The van der Waals surface area contributed by atoms with E-state index in [1.54, 1.807) is 18.3 Å². The van der Waals surface area contributed by atoms with E-state index in [9.17, 15) is 9.59 Å². The van der Waals surface area contributed by atoms with Crippen molar-refractivity contribution in [2.24, 2.45) is 5.10 Å². The van der Waals surface area contributed by atoms with E-state index in [2.05, 4.69) is 15.8 Å². The van der Waals surface area contributed by atoms with Crippen LogP contribution in [-0.2, 0) is 16.1 Å². The van der Waals surface area contributed by atoms with Crippen molar-refractivity contribution in [2.45, 2.75) is 27.3 Å². The number of rotatable bonds is 4. The zero-order valence-corrected chi connectivity index (χ0v) is 13.3. The van der Waals surface area contributed by atoms with Crippen LogP contribution in [0.1, 0.15) is 28.0 Å². The summed E-state index contributed by atoms with van der Waals surface area (Å²) in [6.45, 7) is 6.11. The number of amides is 2. The highest BCUT2D eigenvalue weighted by molar-refractivity contribution is 6.35. The first kappa shape index (κ1) is 16.5. The van der Waals surface area contributed by atoms with E-state index < -0.39 is 11.8 Å². The first-order valence-electron chi connectivity index (χ1n) is 7.19. The fraction of sp³-hybridized carbons (Fsp3) is 0.235. The van der Waals surface area contributed by atoms with Crippen molar-refractivity contribution in [3.8, 4) is 0 Å². The average molecular weight is 313 g/mol. The first-order valence-corrected chi connectivity index (χ1v) is 7.19. The minimum Gasteiger partial charge on any atom is -0.467 e. The molecule has 0 spiro atoms. The molecular formula is C17H19N3O3. The molecule has 0 aliphatic rings. The Bertz CT molecular complexity index is 711. The maximum absolute atomic E-state index is 11.6. The fourth-order valence-corrected chi connectivity index (χ4v) is 2.26. The number of hydrogen-bond acceptors (Lipinski definition) is 4. The number of carbonyl (C=O) groups is 2. The van der Waals surface area contributed by atoms with E-state index >= 15 is 0 Å². The summed E-state index contributed by atoms with van der Waals surface area (Å²) in [6, 6.07) is 7.48. The number of benzene rings is 1. The number of hydrogen-bond donors (Lipinski definition) is 2. The van der Waals surface area contributed by atoms with Crippen molar-refractivity contribution in [1.29, 1.82) is 0 Å². The number of carbonyl (C=O) groups excluding carboxylic acids is 2. The molecular weight excluding hydrogens is 294 g/mol. The Labute approximate surface area is 134 Å². The van der Waals surface area contributed by atoms with Gasteiger partial charge in [-0.1, -0.05) is 17.7 Å². The highest BCUT2D eigenvalue weighted by Gasteiger charge is 2.12. The van der Waals surface area contributed by atoms with Gasteiger partial charge in [-0.2, -0.15) is 5.10 Å². The minimum atomic E-state index is -0.824. The van der Waals surface area contributed by atoms with Gasteiger partial charge >= 0.3 is 11.8 Å². The lowest BCUT2D eigenvalue weighted by Crippen LogP contribution is -2.37. The zero-order valence-electron chi connectivity index (χ0n) is 13.3. The van der Waals surface area contributed by atoms with Crippen molar-refractivity contribution in [3.05, 3.63) is 58.5 Å². The number of nitrogens with one attached hydrogen (secondary N) is 2. The summed E-state index contributed by atoms with van der Waals surface area (Å²) in [5.41, 5.74) is 6.42. The van der Waals surface area contributed by atoms with Gasteiger partial charge in [-0.25, -0.2) is 5.43 Å². The predicted octanol–water partition coefficient (Wildman–Crippen LogP) is 1.97. The molecule has 1 heterocycles. The molecule has 23 heavy (non-hydrogen) atoms. The summed E-state index contributed by atoms with van der Waals surface area (Å²) in [4.78, 5) is 23.3. The Morgan fingerprint density at radius 2 is 1.87 bits per heavy atom. The summed E-state index contributed by atoms with van der Waals surface area (Å²) in [6.07, 6.45) is 3.04. The van der Waals surface area contributed by atoms with Crippen LogP contribution in [0.3, 0.4) is 0 Å². The molecule has 0 aliphatic heterocycles. The second-order valence-corrected chi connectivity index (χ2v) is 5.27. The van der Waals surface area contributed by atoms with E-state index in [1.165, 1.54) is 11.8 Å². The normalized spacial score (nSPS) is 10.7. The van der Waals surface area contributed by atoms with E-state index in [4.69, 9.17) is 4.42 Å². The second kappa shape index (κ2) is 7.40. The van der Waals surface area contributed by atoms with E-state index in [1.807, 2.05) is 32.9 Å². The van der Waals surface area contributed by atoms with Crippen LogP contribution in [0.5, 0.6) is 0 Å². The monoisotopic (exact) mass is 313 g/mol. The van der Waals surface area contributed by atoms with Crippen LogP contribution in [0.15, 0.2) is 40.0 Å². The van der Waals surface area contributed by atoms with Gasteiger partial charge in [-0.3, -0.25) is 9.59 Å². The Kier molecular flexibility index (Phi) is 5.30. The fourth-order valence-electron chi connectivity index (χ4n) is 2.26.